The molecule has 0 aromatic carbocycles. The van der Waals surface area contributed by atoms with Crippen LogP contribution in [0.2, 0.25) is 0 Å². The molecule has 0 radical (unpaired) electrons. The summed E-state index contributed by atoms with van der Waals surface area (Å²) in [6.45, 7) is 5.65. The summed E-state index contributed by atoms with van der Waals surface area (Å²) in [5.41, 5.74) is 1.55. The van der Waals surface area contributed by atoms with Crippen molar-refractivity contribution in [2.45, 2.75) is 45.3 Å². The summed E-state index contributed by atoms with van der Waals surface area (Å²) in [7, 11) is 0. The molecule has 19 heavy (non-hydrogen) atoms. The molecule has 1 aliphatic carbocycles. The van der Waals surface area contributed by atoms with Crippen LogP contribution in [-0.4, -0.2) is 47.5 Å². The number of hydrogen-bond acceptors (Lipinski definition) is 4. The maximum atomic E-state index is 12.0. The first-order valence-electron chi connectivity index (χ1n) is 6.64. The van der Waals surface area contributed by atoms with Gasteiger partial charge in [0.15, 0.2) is 0 Å². The molecule has 5 nitrogen and oxygen atoms in total. The van der Waals surface area contributed by atoms with Crippen molar-refractivity contribution in [1.29, 1.82) is 0 Å². The lowest BCUT2D eigenvalue weighted by molar-refractivity contribution is -0.123. The average molecular weight is 268 g/mol. The first-order valence-corrected chi connectivity index (χ1v) is 6.64. The summed E-state index contributed by atoms with van der Waals surface area (Å²) >= 11 is 0. The molecule has 5 heteroatoms. The standard InChI is InChI=1S/C14H24N2O3/c1-9(2)15-10(3)14(19)16-13-5-11(7-17)4-12(6-13)8-18/h4-5,9-10,13,15,17-18H,6-8H2,1-3H3,(H,16,19)/t10-,13+/m0/s1. The summed E-state index contributed by atoms with van der Waals surface area (Å²) in [6.07, 6.45) is 4.19. The highest BCUT2D eigenvalue weighted by molar-refractivity contribution is 5.82. The lowest BCUT2D eigenvalue weighted by atomic mass is 9.96. The van der Waals surface area contributed by atoms with Crippen LogP contribution in [0.5, 0.6) is 0 Å². The molecule has 0 aromatic heterocycles. The van der Waals surface area contributed by atoms with Gasteiger partial charge in [0, 0.05) is 6.04 Å². The molecule has 2 atom stereocenters. The van der Waals surface area contributed by atoms with Gasteiger partial charge < -0.3 is 20.8 Å². The maximum absolute atomic E-state index is 12.0. The first-order chi connectivity index (χ1) is 8.96. The summed E-state index contributed by atoms with van der Waals surface area (Å²) in [6, 6.07) is -0.198. The van der Waals surface area contributed by atoms with Gasteiger partial charge in [0.05, 0.1) is 25.3 Å². The fourth-order valence-electron chi connectivity index (χ4n) is 2.15. The van der Waals surface area contributed by atoms with Gasteiger partial charge >= 0.3 is 0 Å². The first kappa shape index (κ1) is 15.9. The molecule has 0 unspecified atom stereocenters. The van der Waals surface area contributed by atoms with E-state index in [-0.39, 0.29) is 37.2 Å². The van der Waals surface area contributed by atoms with Crippen LogP contribution in [0.1, 0.15) is 27.2 Å². The zero-order chi connectivity index (χ0) is 14.4. The summed E-state index contributed by atoms with van der Waals surface area (Å²) in [5, 5.41) is 24.4. The molecule has 0 bridgehead atoms. The molecule has 108 valence electrons. The lowest BCUT2D eigenvalue weighted by Gasteiger charge is -2.24. The van der Waals surface area contributed by atoms with Crippen molar-refractivity contribution in [1.82, 2.24) is 10.6 Å². The van der Waals surface area contributed by atoms with Gasteiger partial charge in [0.2, 0.25) is 5.91 Å². The summed E-state index contributed by atoms with van der Waals surface area (Å²) in [5.74, 6) is -0.0774. The number of aliphatic hydroxyl groups is 2. The number of amides is 1. The number of carbonyl (C=O) groups excluding carboxylic acids is 1. The van der Waals surface area contributed by atoms with E-state index < -0.39 is 0 Å². The topological polar surface area (TPSA) is 81.6 Å². The molecule has 1 rings (SSSR count). The number of aliphatic hydroxyl groups excluding tert-OH is 2. The Balaban J connectivity index is 2.60. The average Bonchev–Trinajstić information content (AvgIpc) is 2.37. The third-order valence-electron chi connectivity index (χ3n) is 2.98. The molecular formula is C14H24N2O3. The van der Waals surface area contributed by atoms with Crippen molar-refractivity contribution in [2.24, 2.45) is 0 Å². The Morgan fingerprint density at radius 2 is 2.05 bits per heavy atom. The van der Waals surface area contributed by atoms with Gasteiger partial charge in [0.25, 0.3) is 0 Å². The van der Waals surface area contributed by atoms with Crippen LogP contribution in [0, 0.1) is 0 Å². The molecule has 0 aromatic rings. The van der Waals surface area contributed by atoms with Gasteiger partial charge in [-0.15, -0.1) is 0 Å². The van der Waals surface area contributed by atoms with E-state index in [1.165, 1.54) is 0 Å². The monoisotopic (exact) mass is 268 g/mol. The van der Waals surface area contributed by atoms with E-state index in [9.17, 15) is 9.90 Å². The Morgan fingerprint density at radius 1 is 1.37 bits per heavy atom. The molecule has 0 saturated heterocycles. The molecule has 0 fully saturated rings. The van der Waals surface area contributed by atoms with Gasteiger partial charge in [0.1, 0.15) is 0 Å². The van der Waals surface area contributed by atoms with E-state index >= 15 is 0 Å². The minimum atomic E-state index is -0.269. The second kappa shape index (κ2) is 7.43. The van der Waals surface area contributed by atoms with E-state index in [2.05, 4.69) is 10.6 Å². The predicted octanol–water partition coefficient (Wildman–Crippen LogP) is 0.0988. The molecule has 0 heterocycles. The zero-order valence-corrected chi connectivity index (χ0v) is 11.8. The van der Waals surface area contributed by atoms with Gasteiger partial charge in [-0.05, 0) is 24.5 Å². The van der Waals surface area contributed by atoms with Gasteiger partial charge in [-0.3, -0.25) is 4.79 Å². The third-order valence-corrected chi connectivity index (χ3v) is 2.98. The van der Waals surface area contributed by atoms with Crippen LogP contribution >= 0.6 is 0 Å². The maximum Gasteiger partial charge on any atom is 0.237 e. The highest BCUT2D eigenvalue weighted by Gasteiger charge is 2.20. The Hall–Kier alpha value is -1.17. The normalized spacial score (nSPS) is 20.8. The minimum Gasteiger partial charge on any atom is -0.392 e. The number of rotatable bonds is 6. The van der Waals surface area contributed by atoms with Crippen LogP contribution in [-0.2, 0) is 4.79 Å². The minimum absolute atomic E-state index is 0.0521. The molecule has 0 saturated carbocycles. The third kappa shape index (κ3) is 5.14. The van der Waals surface area contributed by atoms with Crippen LogP contribution in [0.4, 0.5) is 0 Å². The largest absolute Gasteiger partial charge is 0.392 e. The Morgan fingerprint density at radius 3 is 2.58 bits per heavy atom. The highest BCUT2D eigenvalue weighted by atomic mass is 16.3. The Kier molecular flexibility index (Phi) is 6.21. The molecular weight excluding hydrogens is 244 g/mol. The number of nitrogens with one attached hydrogen (secondary N) is 2. The second-order valence-electron chi connectivity index (χ2n) is 5.22. The quantitative estimate of drug-likeness (QED) is 0.551. The van der Waals surface area contributed by atoms with Gasteiger partial charge in [-0.25, -0.2) is 0 Å². The zero-order valence-electron chi connectivity index (χ0n) is 11.8. The van der Waals surface area contributed by atoms with Crippen molar-refractivity contribution >= 4 is 5.91 Å². The van der Waals surface area contributed by atoms with E-state index in [1.807, 2.05) is 26.8 Å². The molecule has 1 aliphatic rings. The van der Waals surface area contributed by atoms with Crippen molar-refractivity contribution in [3.05, 3.63) is 23.3 Å². The number of hydrogen-bond donors (Lipinski definition) is 4. The van der Waals surface area contributed by atoms with Crippen molar-refractivity contribution in [2.75, 3.05) is 13.2 Å². The lowest BCUT2D eigenvalue weighted by Crippen LogP contribution is -2.48. The highest BCUT2D eigenvalue weighted by Crippen LogP contribution is 2.17. The van der Waals surface area contributed by atoms with E-state index in [0.717, 1.165) is 11.1 Å². The molecule has 4 N–H and O–H groups in total. The molecule has 1 amide bonds. The van der Waals surface area contributed by atoms with E-state index in [1.54, 1.807) is 6.08 Å². The Labute approximate surface area is 114 Å². The molecule has 0 aliphatic heterocycles. The van der Waals surface area contributed by atoms with E-state index in [4.69, 9.17) is 5.11 Å². The van der Waals surface area contributed by atoms with Gasteiger partial charge in [-0.1, -0.05) is 26.0 Å². The SMILES string of the molecule is CC(C)N[C@@H](C)C(=O)N[C@@H]1C=C(CO)C=C(CO)C1. The van der Waals surface area contributed by atoms with Crippen molar-refractivity contribution < 1.29 is 15.0 Å². The Bertz CT molecular complexity index is 375. The summed E-state index contributed by atoms with van der Waals surface area (Å²) < 4.78 is 0. The summed E-state index contributed by atoms with van der Waals surface area (Å²) in [4.78, 5) is 12.0. The number of carbonyl (C=O) groups is 1. The molecule has 0 spiro atoms. The van der Waals surface area contributed by atoms with Crippen LogP contribution in [0.15, 0.2) is 23.3 Å². The second-order valence-corrected chi connectivity index (χ2v) is 5.22. The van der Waals surface area contributed by atoms with Crippen LogP contribution < -0.4 is 10.6 Å². The predicted molar refractivity (Wildman–Crippen MR) is 74.6 cm³/mol. The van der Waals surface area contributed by atoms with Gasteiger partial charge in [-0.2, -0.15) is 0 Å². The van der Waals surface area contributed by atoms with Crippen LogP contribution in [0.3, 0.4) is 0 Å². The van der Waals surface area contributed by atoms with Crippen molar-refractivity contribution in [3.8, 4) is 0 Å². The fraction of sp³-hybridized carbons (Fsp3) is 0.643. The van der Waals surface area contributed by atoms with E-state index in [0.29, 0.717) is 6.42 Å². The smallest absolute Gasteiger partial charge is 0.237 e. The van der Waals surface area contributed by atoms with Crippen LogP contribution in [0.25, 0.3) is 0 Å². The van der Waals surface area contributed by atoms with Crippen molar-refractivity contribution in [3.63, 3.8) is 0 Å². The fourth-order valence-corrected chi connectivity index (χ4v) is 2.15.